The van der Waals surface area contributed by atoms with Crippen LogP contribution < -0.4 is 4.74 Å². The Bertz CT molecular complexity index is 893. The maximum Gasteiger partial charge on any atom is 0.189 e. The van der Waals surface area contributed by atoms with Gasteiger partial charge in [-0.05, 0) is 54.8 Å². The topological polar surface area (TPSA) is 68.1 Å². The van der Waals surface area contributed by atoms with Crippen LogP contribution in [-0.2, 0) is 12.8 Å². The van der Waals surface area contributed by atoms with Crippen LogP contribution in [-0.4, -0.2) is 22.4 Å². The summed E-state index contributed by atoms with van der Waals surface area (Å²) in [4.78, 5) is 19.8. The lowest BCUT2D eigenvalue weighted by Crippen LogP contribution is -2.14. The van der Waals surface area contributed by atoms with Gasteiger partial charge in [0.25, 0.3) is 0 Å². The minimum Gasteiger partial charge on any atom is -0.493 e. The molecule has 0 aliphatic heterocycles. The summed E-state index contributed by atoms with van der Waals surface area (Å²) in [5, 5.41) is 0. The number of furan rings is 1. The lowest BCUT2D eigenvalue weighted by Gasteiger charge is -2.18. The minimum atomic E-state index is 0.0701. The first-order chi connectivity index (χ1) is 12.3. The van der Waals surface area contributed by atoms with Crippen molar-refractivity contribution >= 4 is 11.9 Å². The number of imidazole rings is 1. The maximum atomic E-state index is 12.7. The van der Waals surface area contributed by atoms with Gasteiger partial charge in [-0.3, -0.25) is 4.79 Å². The third-order valence-corrected chi connectivity index (χ3v) is 4.32. The predicted molar refractivity (Wildman–Crippen MR) is 93.6 cm³/mol. The van der Waals surface area contributed by atoms with Crippen molar-refractivity contribution < 1.29 is 13.9 Å². The molecule has 0 fully saturated rings. The number of aromatic amines is 1. The fourth-order valence-electron chi connectivity index (χ4n) is 3.03. The van der Waals surface area contributed by atoms with Gasteiger partial charge in [0.05, 0.1) is 24.9 Å². The number of aryl methyl sites for hydroxylation is 1. The average Bonchev–Trinajstić information content (AvgIpc) is 3.31. The number of hydrogen-bond donors (Lipinski definition) is 1. The molecular formula is C20H18N2O3. The third-order valence-electron chi connectivity index (χ3n) is 4.32. The monoisotopic (exact) mass is 334 g/mol. The Balaban J connectivity index is 1.46. The van der Waals surface area contributed by atoms with Crippen molar-refractivity contribution in [1.29, 1.82) is 0 Å². The van der Waals surface area contributed by atoms with Crippen LogP contribution in [0.1, 0.15) is 33.8 Å². The second-order valence-corrected chi connectivity index (χ2v) is 5.99. The summed E-state index contributed by atoms with van der Waals surface area (Å²) < 4.78 is 11.1. The zero-order valence-corrected chi connectivity index (χ0v) is 13.7. The highest BCUT2D eigenvalue weighted by atomic mass is 16.5. The second kappa shape index (κ2) is 6.81. The fourth-order valence-corrected chi connectivity index (χ4v) is 3.03. The number of nitrogens with zero attached hydrogens (tertiary/aromatic N) is 1. The Kier molecular flexibility index (Phi) is 4.21. The van der Waals surface area contributed by atoms with Crippen molar-refractivity contribution in [3.63, 3.8) is 0 Å². The van der Waals surface area contributed by atoms with E-state index in [1.165, 1.54) is 0 Å². The van der Waals surface area contributed by atoms with Gasteiger partial charge in [-0.15, -0.1) is 0 Å². The molecule has 126 valence electrons. The molecule has 0 saturated heterocycles. The number of benzene rings is 1. The molecule has 5 heteroatoms. The zero-order valence-electron chi connectivity index (χ0n) is 13.7. The van der Waals surface area contributed by atoms with Crippen LogP contribution in [0.3, 0.4) is 0 Å². The van der Waals surface area contributed by atoms with E-state index in [1.807, 2.05) is 42.6 Å². The number of hydrogen-bond acceptors (Lipinski definition) is 4. The summed E-state index contributed by atoms with van der Waals surface area (Å²) in [6, 6.07) is 9.36. The molecule has 0 unspecified atom stereocenters. The largest absolute Gasteiger partial charge is 0.493 e. The summed E-state index contributed by atoms with van der Waals surface area (Å²) in [7, 11) is 0. The molecule has 5 nitrogen and oxygen atoms in total. The molecule has 1 aliphatic rings. The normalized spacial score (nSPS) is 15.4. The smallest absolute Gasteiger partial charge is 0.189 e. The molecular weight excluding hydrogens is 316 g/mol. The van der Waals surface area contributed by atoms with Crippen LogP contribution in [0.15, 0.2) is 59.1 Å². The van der Waals surface area contributed by atoms with E-state index in [4.69, 9.17) is 9.15 Å². The molecule has 4 rings (SSSR count). The van der Waals surface area contributed by atoms with Gasteiger partial charge in [-0.2, -0.15) is 0 Å². The van der Waals surface area contributed by atoms with Crippen molar-refractivity contribution in [3.05, 3.63) is 77.3 Å². The number of ether oxygens (including phenoxy) is 1. The number of H-pyrrole nitrogens is 1. The molecule has 0 amide bonds. The summed E-state index contributed by atoms with van der Waals surface area (Å²) in [5.41, 5.74) is 3.55. The van der Waals surface area contributed by atoms with E-state index in [0.29, 0.717) is 18.8 Å². The number of aromatic nitrogens is 2. The van der Waals surface area contributed by atoms with E-state index in [2.05, 4.69) is 9.97 Å². The maximum absolute atomic E-state index is 12.7. The van der Waals surface area contributed by atoms with Gasteiger partial charge < -0.3 is 14.1 Å². The Labute approximate surface area is 145 Å². The van der Waals surface area contributed by atoms with E-state index in [1.54, 1.807) is 12.6 Å². The Morgan fingerprint density at radius 1 is 1.28 bits per heavy atom. The standard InChI is InChI=1S/C20H18N2O3/c23-20-15(11-17-2-1-8-24-17)4-3-14-10-18(5-6-19(14)20)25-9-7-16-12-21-13-22-16/h1-2,5-6,8,10-13H,3-4,7,9H2,(H,21,22)/b15-11-. The molecule has 1 N–H and O–H groups in total. The average molecular weight is 334 g/mol. The molecule has 2 aromatic heterocycles. The number of nitrogens with one attached hydrogen (secondary N) is 1. The SMILES string of the molecule is O=C1/C(=C\c2ccco2)CCc2cc(OCCc3c[nH]cn3)ccc21. The van der Waals surface area contributed by atoms with Crippen LogP contribution in [0.4, 0.5) is 0 Å². The molecule has 0 atom stereocenters. The quantitative estimate of drug-likeness (QED) is 0.720. The van der Waals surface area contributed by atoms with Crippen molar-refractivity contribution in [1.82, 2.24) is 9.97 Å². The highest BCUT2D eigenvalue weighted by Gasteiger charge is 2.22. The lowest BCUT2D eigenvalue weighted by molar-refractivity contribution is 0.102. The molecule has 1 aromatic carbocycles. The Morgan fingerprint density at radius 2 is 2.24 bits per heavy atom. The number of allylic oxidation sites excluding steroid dienone is 1. The summed E-state index contributed by atoms with van der Waals surface area (Å²) in [6.45, 7) is 0.557. The lowest BCUT2D eigenvalue weighted by atomic mass is 9.86. The number of rotatable bonds is 5. The highest BCUT2D eigenvalue weighted by Crippen LogP contribution is 2.29. The van der Waals surface area contributed by atoms with E-state index >= 15 is 0 Å². The van der Waals surface area contributed by atoms with Crippen molar-refractivity contribution in [2.75, 3.05) is 6.61 Å². The second-order valence-electron chi connectivity index (χ2n) is 5.99. The molecule has 0 bridgehead atoms. The molecule has 0 saturated carbocycles. The van der Waals surface area contributed by atoms with Crippen LogP contribution in [0, 0.1) is 0 Å². The van der Waals surface area contributed by atoms with Crippen LogP contribution in [0.25, 0.3) is 6.08 Å². The van der Waals surface area contributed by atoms with Gasteiger partial charge in [0.15, 0.2) is 5.78 Å². The predicted octanol–water partition coefficient (Wildman–Crippen LogP) is 3.84. The Hall–Kier alpha value is -3.08. The molecule has 2 heterocycles. The first-order valence-corrected chi connectivity index (χ1v) is 8.32. The van der Waals surface area contributed by atoms with Crippen LogP contribution in [0.5, 0.6) is 5.75 Å². The van der Waals surface area contributed by atoms with Crippen LogP contribution in [0.2, 0.25) is 0 Å². The fraction of sp³-hybridized carbons (Fsp3) is 0.200. The van der Waals surface area contributed by atoms with Gasteiger partial charge in [0.1, 0.15) is 11.5 Å². The highest BCUT2D eigenvalue weighted by molar-refractivity contribution is 6.13. The van der Waals surface area contributed by atoms with Gasteiger partial charge in [-0.1, -0.05) is 0 Å². The summed E-state index contributed by atoms with van der Waals surface area (Å²) in [6.07, 6.45) is 9.25. The van der Waals surface area contributed by atoms with Crippen molar-refractivity contribution in [2.24, 2.45) is 0 Å². The van der Waals surface area contributed by atoms with Crippen molar-refractivity contribution in [3.8, 4) is 5.75 Å². The number of ketones is 1. The molecule has 25 heavy (non-hydrogen) atoms. The summed E-state index contributed by atoms with van der Waals surface area (Å²) >= 11 is 0. The zero-order chi connectivity index (χ0) is 17.1. The first kappa shape index (κ1) is 15.4. The van der Waals surface area contributed by atoms with E-state index in [9.17, 15) is 4.79 Å². The molecule has 1 aliphatic carbocycles. The molecule has 0 spiro atoms. The van der Waals surface area contributed by atoms with Crippen LogP contribution >= 0.6 is 0 Å². The third kappa shape index (κ3) is 3.40. The van der Waals surface area contributed by atoms with Gasteiger partial charge in [0, 0.05) is 23.8 Å². The van der Waals surface area contributed by atoms with E-state index in [-0.39, 0.29) is 5.78 Å². The first-order valence-electron chi connectivity index (χ1n) is 8.32. The van der Waals surface area contributed by atoms with Gasteiger partial charge in [0.2, 0.25) is 0 Å². The van der Waals surface area contributed by atoms with Gasteiger partial charge in [-0.25, -0.2) is 4.98 Å². The van der Waals surface area contributed by atoms with Crippen molar-refractivity contribution in [2.45, 2.75) is 19.3 Å². The summed E-state index contributed by atoms with van der Waals surface area (Å²) in [5.74, 6) is 1.58. The van der Waals surface area contributed by atoms with E-state index in [0.717, 1.165) is 41.0 Å². The van der Waals surface area contributed by atoms with E-state index < -0.39 is 0 Å². The number of carbonyl (C=O) groups is 1. The number of fused-ring (bicyclic) bond motifs is 1. The van der Waals surface area contributed by atoms with Gasteiger partial charge >= 0.3 is 0 Å². The minimum absolute atomic E-state index is 0.0701. The Morgan fingerprint density at radius 3 is 3.04 bits per heavy atom. The molecule has 0 radical (unpaired) electrons. The number of Topliss-reactive ketones (excluding diaryl/α,β-unsaturated/α-hetero) is 1. The molecule has 3 aromatic rings. The number of carbonyl (C=O) groups excluding carboxylic acids is 1.